The molecule has 98 valence electrons. The molecule has 3 aromatic rings. The van der Waals surface area contributed by atoms with Crippen molar-refractivity contribution in [1.82, 2.24) is 0 Å². The molecule has 0 nitrogen and oxygen atoms in total. The van der Waals surface area contributed by atoms with Crippen LogP contribution in [-0.4, -0.2) is 0 Å². The Morgan fingerprint density at radius 3 is 1.50 bits per heavy atom. The zero-order chi connectivity index (χ0) is 13.8. The van der Waals surface area contributed by atoms with Gasteiger partial charge in [-0.15, -0.1) is 0 Å². The lowest BCUT2D eigenvalue weighted by atomic mass is 9.85. The second-order valence-corrected chi connectivity index (χ2v) is 5.63. The van der Waals surface area contributed by atoms with Crippen LogP contribution in [-0.2, 0) is 0 Å². The first kappa shape index (κ1) is 13.1. The van der Waals surface area contributed by atoms with Gasteiger partial charge in [-0.1, -0.05) is 94.8 Å². The summed E-state index contributed by atoms with van der Waals surface area (Å²) < 4.78 is 1.15. The van der Waals surface area contributed by atoms with E-state index in [1.54, 1.807) is 0 Å². The lowest BCUT2D eigenvalue weighted by Crippen LogP contribution is -2.03. The summed E-state index contributed by atoms with van der Waals surface area (Å²) in [5, 5.41) is 0. The van der Waals surface area contributed by atoms with Crippen molar-refractivity contribution in [2.24, 2.45) is 0 Å². The van der Waals surface area contributed by atoms with E-state index in [1.807, 2.05) is 0 Å². The van der Waals surface area contributed by atoms with Crippen LogP contribution in [0.3, 0.4) is 0 Å². The number of halogens is 1. The molecule has 0 aliphatic rings. The predicted molar refractivity (Wildman–Crippen MR) is 88.0 cm³/mol. The molecule has 0 saturated carbocycles. The first-order valence-corrected chi connectivity index (χ1v) is 7.50. The van der Waals surface area contributed by atoms with E-state index in [2.05, 4.69) is 101 Å². The Hall–Kier alpha value is -1.86. The fraction of sp³-hybridized carbons (Fsp3) is 0.0526. The third kappa shape index (κ3) is 2.68. The minimum Gasteiger partial charge on any atom is -0.0622 e. The van der Waals surface area contributed by atoms with Gasteiger partial charge in [0.25, 0.3) is 0 Å². The molecular formula is C19H15Br. The maximum atomic E-state index is 3.69. The number of hydrogen-bond donors (Lipinski definition) is 0. The Morgan fingerprint density at radius 2 is 1.00 bits per heavy atom. The zero-order valence-corrected chi connectivity index (χ0v) is 12.6. The topological polar surface area (TPSA) is 0 Å². The van der Waals surface area contributed by atoms with Gasteiger partial charge < -0.3 is 0 Å². The summed E-state index contributed by atoms with van der Waals surface area (Å²) in [5.74, 6) is 0.257. The van der Waals surface area contributed by atoms with E-state index in [-0.39, 0.29) is 5.92 Å². The van der Waals surface area contributed by atoms with Gasteiger partial charge in [0, 0.05) is 10.4 Å². The molecule has 0 radical (unpaired) electrons. The molecule has 0 fully saturated rings. The van der Waals surface area contributed by atoms with Crippen molar-refractivity contribution >= 4 is 15.9 Å². The van der Waals surface area contributed by atoms with E-state index in [1.165, 1.54) is 16.7 Å². The van der Waals surface area contributed by atoms with E-state index in [9.17, 15) is 0 Å². The Bertz CT molecular complexity index is 635. The van der Waals surface area contributed by atoms with Crippen LogP contribution in [0.5, 0.6) is 0 Å². The minimum absolute atomic E-state index is 0.257. The SMILES string of the molecule is Brc1ccccc1C(c1ccccc1)c1ccccc1. The molecule has 3 aromatic carbocycles. The predicted octanol–water partition coefficient (Wildman–Crippen LogP) is 5.63. The lowest BCUT2D eigenvalue weighted by molar-refractivity contribution is 0.970. The quantitative estimate of drug-likeness (QED) is 0.548. The Balaban J connectivity index is 2.17. The first-order chi connectivity index (χ1) is 9.86. The van der Waals surface area contributed by atoms with Crippen LogP contribution >= 0.6 is 15.9 Å². The Labute approximate surface area is 128 Å². The molecule has 0 heterocycles. The van der Waals surface area contributed by atoms with Gasteiger partial charge in [0.05, 0.1) is 0 Å². The average molecular weight is 323 g/mol. The van der Waals surface area contributed by atoms with Gasteiger partial charge in [-0.2, -0.15) is 0 Å². The highest BCUT2D eigenvalue weighted by Gasteiger charge is 2.18. The summed E-state index contributed by atoms with van der Waals surface area (Å²) in [5.41, 5.74) is 3.92. The van der Waals surface area contributed by atoms with Crippen LogP contribution in [0, 0.1) is 0 Å². The summed E-state index contributed by atoms with van der Waals surface area (Å²) >= 11 is 3.69. The van der Waals surface area contributed by atoms with Crippen molar-refractivity contribution in [3.8, 4) is 0 Å². The average Bonchev–Trinajstić information content (AvgIpc) is 2.52. The van der Waals surface area contributed by atoms with Crippen LogP contribution in [0.15, 0.2) is 89.4 Å². The molecule has 3 rings (SSSR count). The van der Waals surface area contributed by atoms with Gasteiger partial charge in [-0.3, -0.25) is 0 Å². The number of benzene rings is 3. The molecule has 0 amide bonds. The molecule has 1 heteroatoms. The van der Waals surface area contributed by atoms with E-state index in [0.717, 1.165) is 4.47 Å². The Kier molecular flexibility index (Phi) is 3.98. The number of hydrogen-bond acceptors (Lipinski definition) is 0. The van der Waals surface area contributed by atoms with Crippen LogP contribution in [0.25, 0.3) is 0 Å². The molecule has 0 saturated heterocycles. The molecular weight excluding hydrogens is 308 g/mol. The minimum atomic E-state index is 0.257. The van der Waals surface area contributed by atoms with E-state index in [0.29, 0.717) is 0 Å². The van der Waals surface area contributed by atoms with E-state index < -0.39 is 0 Å². The van der Waals surface area contributed by atoms with Gasteiger partial charge in [0.15, 0.2) is 0 Å². The summed E-state index contributed by atoms with van der Waals surface area (Å²) in [4.78, 5) is 0. The third-order valence-electron chi connectivity index (χ3n) is 3.48. The maximum Gasteiger partial charge on any atom is 0.0351 e. The molecule has 20 heavy (non-hydrogen) atoms. The Morgan fingerprint density at radius 1 is 0.550 bits per heavy atom. The lowest BCUT2D eigenvalue weighted by Gasteiger charge is -2.20. The summed E-state index contributed by atoms with van der Waals surface area (Å²) in [6, 6.07) is 29.7. The summed E-state index contributed by atoms with van der Waals surface area (Å²) in [6.07, 6.45) is 0. The standard InChI is InChI=1S/C19H15Br/c20-18-14-8-7-13-17(18)19(15-9-3-1-4-10-15)16-11-5-2-6-12-16/h1-14,19H. The van der Waals surface area contributed by atoms with Crippen molar-refractivity contribution in [3.63, 3.8) is 0 Å². The summed E-state index contributed by atoms with van der Waals surface area (Å²) in [6.45, 7) is 0. The molecule has 0 aliphatic heterocycles. The van der Waals surface area contributed by atoms with Crippen LogP contribution < -0.4 is 0 Å². The third-order valence-corrected chi connectivity index (χ3v) is 4.20. The van der Waals surface area contributed by atoms with Gasteiger partial charge in [0.2, 0.25) is 0 Å². The van der Waals surface area contributed by atoms with Crippen molar-refractivity contribution in [1.29, 1.82) is 0 Å². The monoisotopic (exact) mass is 322 g/mol. The molecule has 0 aromatic heterocycles. The van der Waals surface area contributed by atoms with Gasteiger partial charge in [-0.05, 0) is 22.8 Å². The number of rotatable bonds is 3. The molecule has 0 bridgehead atoms. The molecule has 0 aliphatic carbocycles. The second-order valence-electron chi connectivity index (χ2n) is 4.78. The van der Waals surface area contributed by atoms with Crippen molar-refractivity contribution in [2.75, 3.05) is 0 Å². The smallest absolute Gasteiger partial charge is 0.0351 e. The normalized spacial score (nSPS) is 10.7. The molecule has 0 spiro atoms. The van der Waals surface area contributed by atoms with Gasteiger partial charge in [-0.25, -0.2) is 0 Å². The maximum absolute atomic E-state index is 3.69. The van der Waals surface area contributed by atoms with Crippen molar-refractivity contribution in [3.05, 3.63) is 106 Å². The van der Waals surface area contributed by atoms with Gasteiger partial charge >= 0.3 is 0 Å². The molecule has 0 unspecified atom stereocenters. The second kappa shape index (κ2) is 6.06. The van der Waals surface area contributed by atoms with Crippen LogP contribution in [0.2, 0.25) is 0 Å². The first-order valence-electron chi connectivity index (χ1n) is 6.70. The molecule has 0 atom stereocenters. The fourth-order valence-electron chi connectivity index (χ4n) is 2.55. The highest BCUT2D eigenvalue weighted by molar-refractivity contribution is 9.10. The fourth-order valence-corrected chi connectivity index (χ4v) is 3.07. The molecule has 0 N–H and O–H groups in total. The van der Waals surface area contributed by atoms with Crippen LogP contribution in [0.1, 0.15) is 22.6 Å². The van der Waals surface area contributed by atoms with E-state index >= 15 is 0 Å². The zero-order valence-electron chi connectivity index (χ0n) is 11.0. The van der Waals surface area contributed by atoms with Crippen molar-refractivity contribution < 1.29 is 0 Å². The van der Waals surface area contributed by atoms with Crippen molar-refractivity contribution in [2.45, 2.75) is 5.92 Å². The van der Waals surface area contributed by atoms with Crippen LogP contribution in [0.4, 0.5) is 0 Å². The summed E-state index contributed by atoms with van der Waals surface area (Å²) in [7, 11) is 0. The highest BCUT2D eigenvalue weighted by atomic mass is 79.9. The van der Waals surface area contributed by atoms with Gasteiger partial charge in [0.1, 0.15) is 0 Å². The highest BCUT2D eigenvalue weighted by Crippen LogP contribution is 2.35. The largest absolute Gasteiger partial charge is 0.0622 e. The van der Waals surface area contributed by atoms with E-state index in [4.69, 9.17) is 0 Å².